The summed E-state index contributed by atoms with van der Waals surface area (Å²) in [6, 6.07) is 14.3. The van der Waals surface area contributed by atoms with Gasteiger partial charge in [-0.25, -0.2) is 9.55 Å². The lowest BCUT2D eigenvalue weighted by Crippen LogP contribution is -2.32. The Morgan fingerprint density at radius 2 is 1.68 bits per heavy atom. The molecule has 4 rings (SSSR count). The van der Waals surface area contributed by atoms with Crippen molar-refractivity contribution < 1.29 is 23.8 Å². The fourth-order valence-electron chi connectivity index (χ4n) is 3.58. The number of hydrogen-bond acceptors (Lipinski definition) is 8. The van der Waals surface area contributed by atoms with E-state index in [0.717, 1.165) is 22.7 Å². The second-order valence-corrected chi connectivity index (χ2v) is 8.18. The summed E-state index contributed by atoms with van der Waals surface area (Å²) in [7, 11) is 1.49. The molecule has 176 valence electrons. The van der Waals surface area contributed by atoms with Gasteiger partial charge >= 0.3 is 11.9 Å². The average Bonchev–Trinajstić information content (AvgIpc) is 3.22. The van der Waals surface area contributed by atoms with Gasteiger partial charge in [0.05, 0.1) is 26.0 Å². The van der Waals surface area contributed by atoms with Crippen molar-refractivity contribution in [2.24, 2.45) is 0 Å². The molecule has 0 bridgehead atoms. The minimum atomic E-state index is -1.37. The van der Waals surface area contributed by atoms with Crippen molar-refractivity contribution in [2.75, 3.05) is 20.3 Å². The van der Waals surface area contributed by atoms with Crippen LogP contribution >= 0.6 is 11.8 Å². The van der Waals surface area contributed by atoms with Crippen molar-refractivity contribution in [1.82, 2.24) is 14.5 Å². The number of esters is 2. The summed E-state index contributed by atoms with van der Waals surface area (Å²) in [5.41, 5.74) is 1.47. The largest absolute Gasteiger partial charge is 0.495 e. The zero-order chi connectivity index (χ0) is 24.2. The number of nitrogens with one attached hydrogen (secondary N) is 1. The minimum absolute atomic E-state index is 0.0868. The first-order valence-electron chi connectivity index (χ1n) is 10.7. The number of thioether (sulfide) groups is 1. The number of nitrogens with zero attached hydrogens (tertiary/aromatic N) is 2. The second-order valence-electron chi connectivity index (χ2n) is 7.10. The van der Waals surface area contributed by atoms with Gasteiger partial charge in [-0.2, -0.15) is 0 Å². The summed E-state index contributed by atoms with van der Waals surface area (Å²) in [6.45, 7) is 3.46. The summed E-state index contributed by atoms with van der Waals surface area (Å²) in [5, 5.41) is -0.499. The van der Waals surface area contributed by atoms with E-state index < -0.39 is 22.7 Å². The molecule has 10 heteroatoms. The Morgan fingerprint density at radius 1 is 1.03 bits per heavy atom. The molecule has 0 amide bonds. The second kappa shape index (κ2) is 10.0. The van der Waals surface area contributed by atoms with Crippen LogP contribution in [0.1, 0.15) is 13.8 Å². The lowest BCUT2D eigenvalue weighted by Gasteiger charge is -2.18. The van der Waals surface area contributed by atoms with E-state index in [2.05, 4.69) is 4.98 Å². The lowest BCUT2D eigenvalue weighted by molar-refractivity contribution is -0.152. The number of carbonyl (C=O) groups is 2. The van der Waals surface area contributed by atoms with E-state index in [9.17, 15) is 14.4 Å². The van der Waals surface area contributed by atoms with E-state index in [-0.39, 0.29) is 18.4 Å². The number of rotatable bonds is 8. The van der Waals surface area contributed by atoms with Crippen molar-refractivity contribution in [2.45, 2.75) is 24.3 Å². The topological polar surface area (TPSA) is 113 Å². The van der Waals surface area contributed by atoms with E-state index in [1.165, 1.54) is 11.7 Å². The molecule has 0 aliphatic carbocycles. The van der Waals surface area contributed by atoms with Crippen LogP contribution in [0.3, 0.4) is 0 Å². The number of carbonyl (C=O) groups excluding carboxylic acids is 2. The van der Waals surface area contributed by atoms with Gasteiger partial charge in [0.25, 0.3) is 5.56 Å². The van der Waals surface area contributed by atoms with Gasteiger partial charge in [-0.3, -0.25) is 14.4 Å². The first kappa shape index (κ1) is 23.4. The number of H-pyrrole nitrogens is 1. The van der Waals surface area contributed by atoms with E-state index in [4.69, 9.17) is 19.2 Å². The summed E-state index contributed by atoms with van der Waals surface area (Å²) < 4.78 is 17.0. The maximum atomic E-state index is 13.8. The summed E-state index contributed by atoms with van der Waals surface area (Å²) in [6.07, 6.45) is 0. The van der Waals surface area contributed by atoms with Gasteiger partial charge in [-0.05, 0) is 32.0 Å². The van der Waals surface area contributed by atoms with Crippen LogP contribution in [0, 0.1) is 0 Å². The van der Waals surface area contributed by atoms with Gasteiger partial charge in [0, 0.05) is 10.9 Å². The molecule has 0 unspecified atom stereocenters. The highest BCUT2D eigenvalue weighted by atomic mass is 32.2. The predicted molar refractivity (Wildman–Crippen MR) is 129 cm³/mol. The zero-order valence-electron chi connectivity index (χ0n) is 18.9. The van der Waals surface area contributed by atoms with Gasteiger partial charge in [0.15, 0.2) is 5.16 Å². The quantitative estimate of drug-likeness (QED) is 0.176. The van der Waals surface area contributed by atoms with Crippen molar-refractivity contribution in [3.8, 4) is 11.4 Å². The van der Waals surface area contributed by atoms with Gasteiger partial charge in [0.2, 0.25) is 5.25 Å². The molecule has 0 radical (unpaired) electrons. The molecule has 1 N–H and O–H groups in total. The van der Waals surface area contributed by atoms with Crippen molar-refractivity contribution in [1.29, 1.82) is 0 Å². The molecular weight excluding hydrogens is 458 g/mol. The fourth-order valence-corrected chi connectivity index (χ4v) is 4.55. The van der Waals surface area contributed by atoms with E-state index in [0.29, 0.717) is 22.5 Å². The van der Waals surface area contributed by atoms with Gasteiger partial charge in [-0.1, -0.05) is 42.1 Å². The van der Waals surface area contributed by atoms with E-state index in [1.807, 2.05) is 24.3 Å². The maximum Gasteiger partial charge on any atom is 0.331 e. The number of hydrogen-bond donors (Lipinski definition) is 1. The van der Waals surface area contributed by atoms with Crippen LogP contribution in [0.15, 0.2) is 58.5 Å². The molecule has 0 aliphatic rings. The Morgan fingerprint density at radius 3 is 2.35 bits per heavy atom. The van der Waals surface area contributed by atoms with Crippen molar-refractivity contribution in [3.63, 3.8) is 0 Å². The highest BCUT2D eigenvalue weighted by Gasteiger charge is 2.33. The smallest absolute Gasteiger partial charge is 0.331 e. The van der Waals surface area contributed by atoms with Crippen LogP contribution in [0.2, 0.25) is 0 Å². The standard InChI is InChI=1S/C24H23N3O6S/c1-4-32-22(29)20(23(30)33-5-2)34-24-26-18-14-10-6-7-11-15(14)25-19(18)21(28)27(24)16-12-8-9-13-17(16)31-3/h6-13,20,25H,4-5H2,1-3H3. The Hall–Kier alpha value is -3.79. The molecule has 34 heavy (non-hydrogen) atoms. The normalized spacial score (nSPS) is 11.2. The van der Waals surface area contributed by atoms with Gasteiger partial charge in [0.1, 0.15) is 16.8 Å². The zero-order valence-corrected chi connectivity index (χ0v) is 19.7. The number of methoxy groups -OCH3 is 1. The van der Waals surface area contributed by atoms with E-state index >= 15 is 0 Å². The SMILES string of the molecule is CCOC(=O)C(Sc1nc2c([nH]c3ccccc32)c(=O)n1-c1ccccc1OC)C(=O)OCC. The average molecular weight is 482 g/mol. The number of fused-ring (bicyclic) bond motifs is 3. The Kier molecular flexibility index (Phi) is 6.87. The Bertz CT molecular complexity index is 1410. The summed E-state index contributed by atoms with van der Waals surface area (Å²) in [5.74, 6) is -1.12. The van der Waals surface area contributed by atoms with Gasteiger partial charge in [-0.15, -0.1) is 0 Å². The maximum absolute atomic E-state index is 13.8. The third-order valence-corrected chi connectivity index (χ3v) is 6.15. The lowest BCUT2D eigenvalue weighted by atomic mass is 10.2. The molecule has 0 aliphatic heterocycles. The van der Waals surface area contributed by atoms with Gasteiger partial charge < -0.3 is 19.2 Å². The number of aromatic amines is 1. The van der Waals surface area contributed by atoms with Crippen LogP contribution < -0.4 is 10.3 Å². The first-order chi connectivity index (χ1) is 16.5. The molecule has 0 atom stereocenters. The molecule has 0 saturated heterocycles. The van der Waals surface area contributed by atoms with Crippen LogP contribution in [0.25, 0.3) is 27.6 Å². The van der Waals surface area contributed by atoms with E-state index in [1.54, 1.807) is 38.1 Å². The van der Waals surface area contributed by atoms with Crippen molar-refractivity contribution >= 4 is 45.6 Å². The summed E-state index contributed by atoms with van der Waals surface area (Å²) >= 11 is 0.800. The molecule has 0 spiro atoms. The molecule has 9 nitrogen and oxygen atoms in total. The van der Waals surface area contributed by atoms with Crippen molar-refractivity contribution in [3.05, 3.63) is 58.9 Å². The fraction of sp³-hybridized carbons (Fsp3) is 0.250. The monoisotopic (exact) mass is 481 g/mol. The highest BCUT2D eigenvalue weighted by Crippen LogP contribution is 2.32. The number of aromatic nitrogens is 3. The molecule has 4 aromatic rings. The summed E-state index contributed by atoms with van der Waals surface area (Å²) in [4.78, 5) is 46.9. The Labute approximate surface area is 199 Å². The molecule has 2 heterocycles. The molecule has 2 aromatic carbocycles. The van der Waals surface area contributed by atoms with Crippen LogP contribution in [0.4, 0.5) is 0 Å². The minimum Gasteiger partial charge on any atom is -0.495 e. The highest BCUT2D eigenvalue weighted by molar-refractivity contribution is 8.01. The molecule has 2 aromatic heterocycles. The van der Waals surface area contributed by atoms with Crippen LogP contribution in [0.5, 0.6) is 5.75 Å². The molecular formula is C24H23N3O6S. The van der Waals surface area contributed by atoms with Crippen LogP contribution in [-0.2, 0) is 19.1 Å². The Balaban J connectivity index is 1.99. The molecule has 0 fully saturated rings. The predicted octanol–water partition coefficient (Wildman–Crippen LogP) is 3.46. The number of ether oxygens (including phenoxy) is 3. The first-order valence-corrected chi connectivity index (χ1v) is 11.5. The molecule has 0 saturated carbocycles. The number of benzene rings is 2. The third kappa shape index (κ3) is 4.24. The number of para-hydroxylation sites is 3. The van der Waals surface area contributed by atoms with Crippen LogP contribution in [-0.4, -0.2) is 52.0 Å². The third-order valence-electron chi connectivity index (χ3n) is 5.05.